The van der Waals surface area contributed by atoms with Crippen LogP contribution in [0.5, 0.6) is 0 Å². The Bertz CT molecular complexity index is 856. The summed E-state index contributed by atoms with van der Waals surface area (Å²) in [7, 11) is 1.32. The fourth-order valence-corrected chi connectivity index (χ4v) is 2.82. The minimum absolute atomic E-state index is 0.393. The van der Waals surface area contributed by atoms with Crippen molar-refractivity contribution in [1.82, 2.24) is 5.06 Å². The second-order valence-corrected chi connectivity index (χ2v) is 5.03. The summed E-state index contributed by atoms with van der Waals surface area (Å²) in [5, 5.41) is 4.87. The molecule has 21 heavy (non-hydrogen) atoms. The predicted molar refractivity (Wildman–Crippen MR) is 79.0 cm³/mol. The fourth-order valence-electron chi connectivity index (χ4n) is 2.82. The molecule has 3 aromatic rings. The zero-order chi connectivity index (χ0) is 14.6. The monoisotopic (exact) mass is 277 g/mol. The van der Waals surface area contributed by atoms with E-state index >= 15 is 0 Å². The summed E-state index contributed by atoms with van der Waals surface area (Å²) in [4.78, 5) is 29.1. The van der Waals surface area contributed by atoms with Crippen molar-refractivity contribution in [1.29, 1.82) is 0 Å². The maximum Gasteiger partial charge on any atom is 0.285 e. The second kappa shape index (κ2) is 4.14. The molecule has 0 bridgehead atoms. The average Bonchev–Trinajstić information content (AvgIpc) is 2.74. The van der Waals surface area contributed by atoms with Gasteiger partial charge in [-0.2, -0.15) is 0 Å². The smallest absolute Gasteiger partial charge is 0.266 e. The fraction of sp³-hybridized carbons (Fsp3) is 0.0588. The molecular formula is C17H11NO3. The van der Waals surface area contributed by atoms with Crippen molar-refractivity contribution in [3.63, 3.8) is 0 Å². The molecule has 1 aliphatic rings. The maximum atomic E-state index is 12.1. The lowest BCUT2D eigenvalue weighted by molar-refractivity contribution is -0.0645. The van der Waals surface area contributed by atoms with E-state index in [4.69, 9.17) is 4.84 Å². The van der Waals surface area contributed by atoms with E-state index in [1.807, 2.05) is 36.4 Å². The Kier molecular flexibility index (Phi) is 2.37. The number of carbonyl (C=O) groups is 2. The summed E-state index contributed by atoms with van der Waals surface area (Å²) >= 11 is 0. The molecule has 102 valence electrons. The number of rotatable bonds is 1. The number of imide groups is 1. The first kappa shape index (κ1) is 12.1. The Labute approximate surface area is 120 Å². The number of hydrogen-bond donors (Lipinski definition) is 0. The van der Waals surface area contributed by atoms with Crippen LogP contribution in [0.3, 0.4) is 0 Å². The molecule has 0 atom stereocenters. The van der Waals surface area contributed by atoms with Crippen molar-refractivity contribution in [2.45, 2.75) is 0 Å². The molecule has 0 saturated carbocycles. The van der Waals surface area contributed by atoms with E-state index in [-0.39, 0.29) is 0 Å². The van der Waals surface area contributed by atoms with E-state index < -0.39 is 11.8 Å². The number of carbonyl (C=O) groups excluding carboxylic acids is 2. The molecule has 0 spiro atoms. The molecule has 1 heterocycles. The van der Waals surface area contributed by atoms with Crippen LogP contribution in [0.4, 0.5) is 0 Å². The minimum Gasteiger partial charge on any atom is -0.266 e. The van der Waals surface area contributed by atoms with Crippen molar-refractivity contribution in [2.75, 3.05) is 7.11 Å². The largest absolute Gasteiger partial charge is 0.285 e. The third-order valence-corrected chi connectivity index (χ3v) is 3.85. The first-order valence-corrected chi connectivity index (χ1v) is 6.58. The van der Waals surface area contributed by atoms with Gasteiger partial charge in [0.2, 0.25) is 0 Å². The van der Waals surface area contributed by atoms with E-state index in [1.54, 1.807) is 12.1 Å². The standard InChI is InChI=1S/C17H11NO3/c1-21-18-16(19)14-8-12-6-10-4-2-3-5-11(10)7-13(12)9-15(14)17(18)20/h2-9H,1H3. The zero-order valence-corrected chi connectivity index (χ0v) is 11.3. The third-order valence-electron chi connectivity index (χ3n) is 3.85. The van der Waals surface area contributed by atoms with Crippen LogP contribution in [0.25, 0.3) is 21.5 Å². The molecule has 0 N–H and O–H groups in total. The Morgan fingerprint density at radius 1 is 0.762 bits per heavy atom. The summed E-state index contributed by atoms with van der Waals surface area (Å²) in [5.41, 5.74) is 0.786. The Morgan fingerprint density at radius 3 is 1.67 bits per heavy atom. The highest BCUT2D eigenvalue weighted by molar-refractivity contribution is 6.22. The number of fused-ring (bicyclic) bond motifs is 3. The summed E-state index contributed by atoms with van der Waals surface area (Å²) in [5.74, 6) is -0.819. The van der Waals surface area contributed by atoms with Gasteiger partial charge in [-0.3, -0.25) is 14.4 Å². The van der Waals surface area contributed by atoms with Crippen LogP contribution in [0.2, 0.25) is 0 Å². The number of amides is 2. The maximum absolute atomic E-state index is 12.1. The minimum atomic E-state index is -0.410. The summed E-state index contributed by atoms with van der Waals surface area (Å²) < 4.78 is 0. The second-order valence-electron chi connectivity index (χ2n) is 5.03. The molecule has 0 unspecified atom stereocenters. The first-order chi connectivity index (χ1) is 10.2. The molecule has 1 aliphatic heterocycles. The van der Waals surface area contributed by atoms with Crippen molar-refractivity contribution in [2.24, 2.45) is 0 Å². The topological polar surface area (TPSA) is 46.6 Å². The molecule has 2 amide bonds. The van der Waals surface area contributed by atoms with Gasteiger partial charge >= 0.3 is 0 Å². The highest BCUT2D eigenvalue weighted by Crippen LogP contribution is 2.30. The molecule has 0 aromatic heterocycles. The summed E-state index contributed by atoms with van der Waals surface area (Å²) in [6, 6.07) is 15.6. The van der Waals surface area contributed by atoms with Crippen LogP contribution < -0.4 is 0 Å². The van der Waals surface area contributed by atoms with E-state index in [0.717, 1.165) is 26.6 Å². The van der Waals surface area contributed by atoms with E-state index in [9.17, 15) is 9.59 Å². The zero-order valence-electron chi connectivity index (χ0n) is 11.3. The number of benzene rings is 3. The normalized spacial score (nSPS) is 14.2. The van der Waals surface area contributed by atoms with Crippen LogP contribution in [0.15, 0.2) is 48.5 Å². The highest BCUT2D eigenvalue weighted by atomic mass is 16.7. The van der Waals surface area contributed by atoms with Crippen molar-refractivity contribution >= 4 is 33.4 Å². The van der Waals surface area contributed by atoms with Crippen LogP contribution in [0.1, 0.15) is 20.7 Å². The van der Waals surface area contributed by atoms with E-state index in [0.29, 0.717) is 11.1 Å². The van der Waals surface area contributed by atoms with E-state index in [2.05, 4.69) is 0 Å². The van der Waals surface area contributed by atoms with Gasteiger partial charge in [-0.05, 0) is 45.8 Å². The molecule has 3 aromatic carbocycles. The molecule has 4 nitrogen and oxygen atoms in total. The molecular weight excluding hydrogens is 266 g/mol. The van der Waals surface area contributed by atoms with Gasteiger partial charge in [0, 0.05) is 0 Å². The molecule has 4 heteroatoms. The molecule has 0 fully saturated rings. The quantitative estimate of drug-likeness (QED) is 0.507. The van der Waals surface area contributed by atoms with Gasteiger partial charge in [0.1, 0.15) is 0 Å². The lowest BCUT2D eigenvalue weighted by Crippen LogP contribution is -2.28. The number of hydrogen-bond acceptors (Lipinski definition) is 3. The van der Waals surface area contributed by atoms with Crippen LogP contribution in [-0.2, 0) is 4.84 Å². The third kappa shape index (κ3) is 1.60. The van der Waals surface area contributed by atoms with Gasteiger partial charge in [0.15, 0.2) is 0 Å². The van der Waals surface area contributed by atoms with Crippen molar-refractivity contribution < 1.29 is 14.4 Å². The SMILES string of the molecule is CON1C(=O)c2cc3cc4ccccc4cc3cc2C1=O. The summed E-state index contributed by atoms with van der Waals surface area (Å²) in [6.45, 7) is 0. The lowest BCUT2D eigenvalue weighted by Gasteiger charge is -2.07. The van der Waals surface area contributed by atoms with E-state index in [1.165, 1.54) is 7.11 Å². The van der Waals surface area contributed by atoms with Crippen molar-refractivity contribution in [3.05, 3.63) is 59.7 Å². The van der Waals surface area contributed by atoms with Gasteiger partial charge in [-0.15, -0.1) is 5.06 Å². The first-order valence-electron chi connectivity index (χ1n) is 6.58. The molecule has 0 radical (unpaired) electrons. The number of hydroxylamine groups is 2. The van der Waals surface area contributed by atoms with Crippen molar-refractivity contribution in [3.8, 4) is 0 Å². The van der Waals surface area contributed by atoms with Gasteiger partial charge in [-0.25, -0.2) is 0 Å². The van der Waals surface area contributed by atoms with Gasteiger partial charge < -0.3 is 0 Å². The molecule has 4 rings (SSSR count). The van der Waals surface area contributed by atoms with Gasteiger partial charge in [0.25, 0.3) is 11.8 Å². The van der Waals surface area contributed by atoms with Crippen LogP contribution >= 0.6 is 0 Å². The highest BCUT2D eigenvalue weighted by Gasteiger charge is 2.36. The van der Waals surface area contributed by atoms with Gasteiger partial charge in [-0.1, -0.05) is 24.3 Å². The number of nitrogens with zero attached hydrogens (tertiary/aromatic N) is 1. The summed E-state index contributed by atoms with van der Waals surface area (Å²) in [6.07, 6.45) is 0. The lowest BCUT2D eigenvalue weighted by atomic mass is 9.99. The average molecular weight is 277 g/mol. The molecule has 0 aliphatic carbocycles. The Morgan fingerprint density at radius 2 is 1.24 bits per heavy atom. The Balaban J connectivity index is 2.04. The Hall–Kier alpha value is -2.72. The van der Waals surface area contributed by atoms with Crippen LogP contribution in [-0.4, -0.2) is 24.0 Å². The molecule has 0 saturated heterocycles. The predicted octanol–water partition coefficient (Wildman–Crippen LogP) is 3.15. The van der Waals surface area contributed by atoms with Crippen LogP contribution in [0, 0.1) is 0 Å². The van der Waals surface area contributed by atoms with Gasteiger partial charge in [0.05, 0.1) is 18.2 Å².